The van der Waals surface area contributed by atoms with Crippen LogP contribution in [0.5, 0.6) is 0 Å². The van der Waals surface area contributed by atoms with Gasteiger partial charge in [0.1, 0.15) is 0 Å². The summed E-state index contributed by atoms with van der Waals surface area (Å²) < 4.78 is 0. The summed E-state index contributed by atoms with van der Waals surface area (Å²) >= 11 is 0. The molecule has 3 nitrogen and oxygen atoms in total. The Hall–Kier alpha value is -0.0551. The van der Waals surface area contributed by atoms with Crippen LogP contribution in [-0.2, 0) is 0 Å². The minimum absolute atomic E-state index is 0.417. The van der Waals surface area contributed by atoms with Crippen LogP contribution in [-0.4, -0.2) is 25.3 Å². The van der Waals surface area contributed by atoms with Gasteiger partial charge in [0.05, 0.1) is 0 Å². The molecular formula is C6H15BO3. The molecule has 0 amide bonds. The molecule has 0 bridgehead atoms. The molecule has 4 heteroatoms. The van der Waals surface area contributed by atoms with Gasteiger partial charge in [-0.2, -0.15) is 0 Å². The molecular weight excluding hydrogens is 131 g/mol. The van der Waals surface area contributed by atoms with E-state index < -0.39 is 12.2 Å². The Morgan fingerprint density at radius 3 is 0.900 bits per heavy atom. The van der Waals surface area contributed by atoms with E-state index in [4.69, 9.17) is 5.02 Å². The van der Waals surface area contributed by atoms with Gasteiger partial charge in [0.2, 0.25) is 0 Å². The van der Waals surface area contributed by atoms with E-state index in [-0.39, 0.29) is 0 Å². The zero-order valence-electron chi connectivity index (χ0n) is 7.00. The van der Waals surface area contributed by atoms with Crippen molar-refractivity contribution in [3.05, 3.63) is 0 Å². The predicted octanol–water partition coefficient (Wildman–Crippen LogP) is -1.43. The molecule has 0 radical (unpaired) electrons. The van der Waals surface area contributed by atoms with Gasteiger partial charge in [-0.25, -0.2) is 0 Å². The first-order valence-electron chi connectivity index (χ1n) is 3.04. The second kappa shape index (κ2) is 16.0. The molecule has 0 aliphatic rings. The molecule has 0 aromatic heterocycles. The third kappa shape index (κ3) is 126000. The topological polar surface area (TPSA) is 66.3 Å². The molecule has 0 heterocycles. The Balaban J connectivity index is -0.0000000787. The van der Waals surface area contributed by atoms with Crippen LogP contribution in [0.2, 0.25) is 0 Å². The Bertz CT molecular complexity index is 28.5. The van der Waals surface area contributed by atoms with Crippen LogP contribution < -0.4 is 10.2 Å². The van der Waals surface area contributed by atoms with E-state index in [2.05, 4.69) is 8.05 Å². The van der Waals surface area contributed by atoms with Crippen LogP contribution in [0.4, 0.5) is 0 Å². The molecule has 0 rings (SSSR count). The van der Waals surface area contributed by atoms with E-state index in [0.717, 1.165) is 0 Å². The Morgan fingerprint density at radius 2 is 0.900 bits per heavy atom. The summed E-state index contributed by atoms with van der Waals surface area (Å²) in [6.07, 6.45) is -0.833. The maximum absolute atomic E-state index is 9.53. The fourth-order valence-electron chi connectivity index (χ4n) is 0. The first-order chi connectivity index (χ1) is 4.46. The van der Waals surface area contributed by atoms with Crippen molar-refractivity contribution in [2.45, 2.75) is 39.9 Å². The van der Waals surface area contributed by atoms with Gasteiger partial charge in [-0.3, -0.25) is 0 Å². The Kier molecular flexibility index (Phi) is 26.4. The molecule has 1 N–H and O–H groups in total. The molecule has 0 aliphatic heterocycles. The molecule has 0 saturated heterocycles. The van der Waals surface area contributed by atoms with Crippen molar-refractivity contribution in [2.75, 3.05) is 0 Å². The minimum atomic E-state index is -0.417. The summed E-state index contributed by atoms with van der Waals surface area (Å²) in [5, 5.41) is 25.6. The van der Waals surface area contributed by atoms with E-state index in [1.54, 1.807) is 27.7 Å². The van der Waals surface area contributed by atoms with Crippen molar-refractivity contribution >= 4 is 8.05 Å². The molecule has 0 atom stereocenters. The van der Waals surface area contributed by atoms with Crippen molar-refractivity contribution < 1.29 is 15.2 Å². The summed E-state index contributed by atoms with van der Waals surface area (Å²) in [4.78, 5) is 0. The molecule has 0 unspecified atom stereocenters. The summed E-state index contributed by atoms with van der Waals surface area (Å²) in [5.41, 5.74) is 0. The van der Waals surface area contributed by atoms with E-state index in [9.17, 15) is 10.2 Å². The first kappa shape index (κ1) is 16.5. The molecule has 0 saturated carbocycles. The second-order valence-electron chi connectivity index (χ2n) is 2.10. The van der Waals surface area contributed by atoms with Gasteiger partial charge in [-0.15, -0.1) is 12.2 Å². The molecule has 0 spiro atoms. The number of rotatable bonds is 0. The monoisotopic (exact) mass is 146 g/mol. The van der Waals surface area contributed by atoms with Gasteiger partial charge in [-0.05, 0) is 0 Å². The van der Waals surface area contributed by atoms with Crippen molar-refractivity contribution in [3.8, 4) is 0 Å². The van der Waals surface area contributed by atoms with Crippen molar-refractivity contribution in [2.24, 2.45) is 0 Å². The van der Waals surface area contributed by atoms with E-state index >= 15 is 0 Å². The zero-order valence-corrected chi connectivity index (χ0v) is 7.00. The molecule has 0 aromatic rings. The number of hydrogen-bond donors (Lipinski definition) is 1. The fourth-order valence-corrected chi connectivity index (χ4v) is 0. The standard InChI is InChI=1S/2C3H7O.BHO/c2*1-3(2)4;1-2/h2*3H,1-2H3;2H/q2*-1;+2. The van der Waals surface area contributed by atoms with Crippen LogP contribution >= 0.6 is 0 Å². The van der Waals surface area contributed by atoms with Crippen LogP contribution in [0.3, 0.4) is 0 Å². The summed E-state index contributed by atoms with van der Waals surface area (Å²) in [6, 6.07) is 0. The molecule has 10 heavy (non-hydrogen) atoms. The van der Waals surface area contributed by atoms with E-state index in [1.807, 2.05) is 0 Å². The van der Waals surface area contributed by atoms with Gasteiger partial charge in [0.15, 0.2) is 0 Å². The van der Waals surface area contributed by atoms with Crippen LogP contribution in [0.1, 0.15) is 27.7 Å². The van der Waals surface area contributed by atoms with Crippen molar-refractivity contribution in [1.82, 2.24) is 0 Å². The van der Waals surface area contributed by atoms with Crippen LogP contribution in [0.15, 0.2) is 0 Å². The number of hydrogen-bond acceptors (Lipinski definition) is 3. The summed E-state index contributed by atoms with van der Waals surface area (Å²) in [5.74, 6) is 0. The zero-order chi connectivity index (χ0) is 9.15. The van der Waals surface area contributed by atoms with Gasteiger partial charge < -0.3 is 10.2 Å². The predicted molar refractivity (Wildman–Crippen MR) is 38.2 cm³/mol. The quantitative estimate of drug-likeness (QED) is 0.426. The van der Waals surface area contributed by atoms with Crippen LogP contribution in [0, 0.1) is 0 Å². The summed E-state index contributed by atoms with van der Waals surface area (Å²) in [6.45, 7) is 6.44. The van der Waals surface area contributed by atoms with E-state index in [0.29, 0.717) is 0 Å². The van der Waals surface area contributed by atoms with Crippen LogP contribution in [0.25, 0.3) is 0 Å². The second-order valence-corrected chi connectivity index (χ2v) is 2.10. The molecule has 60 valence electrons. The van der Waals surface area contributed by atoms with Gasteiger partial charge in [-0.1, -0.05) is 27.7 Å². The van der Waals surface area contributed by atoms with Gasteiger partial charge in [0.25, 0.3) is 0 Å². The molecule has 0 aromatic carbocycles. The normalized spacial score (nSPS) is 7.90. The third-order valence-corrected chi connectivity index (χ3v) is 0. The molecule has 0 aliphatic carbocycles. The first-order valence-corrected chi connectivity index (χ1v) is 3.04. The van der Waals surface area contributed by atoms with Crippen molar-refractivity contribution in [3.63, 3.8) is 0 Å². The van der Waals surface area contributed by atoms with E-state index in [1.165, 1.54) is 0 Å². The van der Waals surface area contributed by atoms with Crippen molar-refractivity contribution in [1.29, 1.82) is 0 Å². The average molecular weight is 146 g/mol. The third-order valence-electron chi connectivity index (χ3n) is 0. The Morgan fingerprint density at radius 1 is 0.900 bits per heavy atom. The SMILES string of the molecule is CC(C)[O-].CC(C)[O-].[B+2]O. The maximum atomic E-state index is 9.53. The average Bonchev–Trinajstić information content (AvgIpc) is 1.66. The fraction of sp³-hybridized carbons (Fsp3) is 1.00. The van der Waals surface area contributed by atoms with Gasteiger partial charge in [0, 0.05) is 0 Å². The Labute approximate surface area is 64.1 Å². The molecule has 0 fully saturated rings. The summed E-state index contributed by atoms with van der Waals surface area (Å²) in [7, 11) is 3.50. The van der Waals surface area contributed by atoms with Gasteiger partial charge >= 0.3 is 13.1 Å².